The van der Waals surface area contributed by atoms with E-state index in [0.717, 1.165) is 11.1 Å². The normalized spacial score (nSPS) is 24.2. The zero-order valence-corrected chi connectivity index (χ0v) is 18.4. The number of anilines is 1. The highest BCUT2D eigenvalue weighted by Gasteiger charge is 2.64. The maximum absolute atomic E-state index is 13.8. The molecule has 6 rings (SSSR count). The van der Waals surface area contributed by atoms with Crippen molar-refractivity contribution in [1.82, 2.24) is 4.90 Å². The number of nitrogens with zero attached hydrogens (tertiary/aromatic N) is 3. The smallest absolute Gasteiger partial charge is 0.270 e. The zero-order valence-electron chi connectivity index (χ0n) is 18.4. The molecular formula is C27H19N3O5. The van der Waals surface area contributed by atoms with Crippen LogP contribution < -0.4 is 4.90 Å². The minimum atomic E-state index is -0.971. The second-order valence-electron chi connectivity index (χ2n) is 8.85. The molecule has 2 fully saturated rings. The van der Waals surface area contributed by atoms with Gasteiger partial charge in [-0.1, -0.05) is 54.6 Å². The minimum Gasteiger partial charge on any atom is -0.358 e. The summed E-state index contributed by atoms with van der Waals surface area (Å²) in [7, 11) is 0. The van der Waals surface area contributed by atoms with Crippen LogP contribution >= 0.6 is 0 Å². The number of imide groups is 1. The van der Waals surface area contributed by atoms with Crippen LogP contribution in [0.1, 0.15) is 27.5 Å². The van der Waals surface area contributed by atoms with Gasteiger partial charge in [0.05, 0.1) is 28.5 Å². The Kier molecular flexibility index (Phi) is 4.63. The number of carbonyl (C=O) groups excluding carboxylic acids is 3. The molecule has 8 nitrogen and oxygen atoms in total. The molecule has 8 heteroatoms. The first-order valence-corrected chi connectivity index (χ1v) is 11.2. The third-order valence-corrected chi connectivity index (χ3v) is 7.09. The quantitative estimate of drug-likeness (QED) is 0.250. The Balaban J connectivity index is 1.50. The number of carbonyl (C=O) groups is 3. The lowest BCUT2D eigenvalue weighted by molar-refractivity contribution is -0.384. The third-order valence-electron chi connectivity index (χ3n) is 7.09. The van der Waals surface area contributed by atoms with Crippen molar-refractivity contribution in [2.45, 2.75) is 12.1 Å². The number of hydrogen-bond acceptors (Lipinski definition) is 6. The zero-order chi connectivity index (χ0) is 24.3. The summed E-state index contributed by atoms with van der Waals surface area (Å²) in [6, 6.07) is 20.3. The largest absolute Gasteiger partial charge is 0.358 e. The van der Waals surface area contributed by atoms with E-state index >= 15 is 0 Å². The Labute approximate surface area is 200 Å². The molecule has 3 aromatic carbocycles. The number of fused-ring (bicyclic) bond motifs is 5. The molecule has 0 aromatic heterocycles. The van der Waals surface area contributed by atoms with E-state index in [1.807, 2.05) is 30.3 Å². The van der Waals surface area contributed by atoms with Gasteiger partial charge in [0.15, 0.2) is 5.78 Å². The summed E-state index contributed by atoms with van der Waals surface area (Å²) >= 11 is 0. The van der Waals surface area contributed by atoms with Gasteiger partial charge in [0.2, 0.25) is 11.8 Å². The molecule has 2 amide bonds. The highest BCUT2D eigenvalue weighted by Crippen LogP contribution is 2.53. The van der Waals surface area contributed by atoms with Crippen molar-refractivity contribution in [1.29, 1.82) is 0 Å². The minimum absolute atomic E-state index is 0.134. The van der Waals surface area contributed by atoms with Crippen LogP contribution in [0, 0.1) is 22.0 Å². The molecular weight excluding hydrogens is 446 g/mol. The highest BCUT2D eigenvalue weighted by atomic mass is 16.6. The second kappa shape index (κ2) is 7.73. The fourth-order valence-electron chi connectivity index (χ4n) is 5.63. The van der Waals surface area contributed by atoms with Gasteiger partial charge in [-0.05, 0) is 29.3 Å². The van der Waals surface area contributed by atoms with Crippen LogP contribution in [0.25, 0.3) is 6.08 Å². The number of non-ortho nitro benzene ring substituents is 1. The summed E-state index contributed by atoms with van der Waals surface area (Å²) in [4.78, 5) is 55.1. The van der Waals surface area contributed by atoms with E-state index in [4.69, 9.17) is 0 Å². The fraction of sp³-hybridized carbons (Fsp3) is 0.148. The molecule has 0 aliphatic carbocycles. The summed E-state index contributed by atoms with van der Waals surface area (Å²) in [5.74, 6) is -2.89. The molecule has 3 aromatic rings. The van der Waals surface area contributed by atoms with Gasteiger partial charge in [-0.3, -0.25) is 24.5 Å². The van der Waals surface area contributed by atoms with Gasteiger partial charge in [0.25, 0.3) is 5.69 Å². The molecule has 3 aliphatic heterocycles. The van der Waals surface area contributed by atoms with Crippen LogP contribution in [0.3, 0.4) is 0 Å². The predicted molar refractivity (Wildman–Crippen MR) is 127 cm³/mol. The number of Topliss-reactive ketones (excluding diaryl/α,β-unsaturated/α-hetero) is 1. The number of benzene rings is 3. The van der Waals surface area contributed by atoms with Crippen LogP contribution in [0.2, 0.25) is 0 Å². The molecule has 4 atom stereocenters. The summed E-state index contributed by atoms with van der Waals surface area (Å²) in [5.41, 5.74) is 2.19. The van der Waals surface area contributed by atoms with Crippen molar-refractivity contribution < 1.29 is 19.3 Å². The average Bonchev–Trinajstić information content (AvgIpc) is 3.36. The van der Waals surface area contributed by atoms with E-state index < -0.39 is 40.5 Å². The molecule has 0 bridgehead atoms. The van der Waals surface area contributed by atoms with Crippen molar-refractivity contribution >= 4 is 35.0 Å². The van der Waals surface area contributed by atoms with Gasteiger partial charge in [-0.25, -0.2) is 4.90 Å². The van der Waals surface area contributed by atoms with Crippen molar-refractivity contribution in [2.24, 2.45) is 11.8 Å². The molecule has 0 radical (unpaired) electrons. The Hall–Kier alpha value is -4.59. The van der Waals surface area contributed by atoms with Crippen molar-refractivity contribution in [2.75, 3.05) is 4.90 Å². The lowest BCUT2D eigenvalue weighted by Crippen LogP contribution is -2.44. The number of nitro groups is 1. The fourth-order valence-corrected chi connectivity index (χ4v) is 5.63. The SMILES string of the molecule is O=C(c1cccc([N+](=O)[O-])c1)[C@@H]1[C@@H]2C(=O)N(c3ccccc3)C(=O)[C@@H]2[C@H]2c3ccccc3C=CN12. The Morgan fingerprint density at radius 3 is 2.34 bits per heavy atom. The molecule has 2 saturated heterocycles. The summed E-state index contributed by atoms with van der Waals surface area (Å²) in [6.07, 6.45) is 3.63. The van der Waals surface area contributed by atoms with Gasteiger partial charge in [-0.15, -0.1) is 0 Å². The van der Waals surface area contributed by atoms with Gasteiger partial charge in [-0.2, -0.15) is 0 Å². The molecule has 3 aliphatic rings. The van der Waals surface area contributed by atoms with E-state index in [1.54, 1.807) is 41.4 Å². The summed E-state index contributed by atoms with van der Waals surface area (Å²) in [5, 5.41) is 11.3. The van der Waals surface area contributed by atoms with E-state index in [1.165, 1.54) is 29.2 Å². The first-order chi connectivity index (χ1) is 17.0. The maximum atomic E-state index is 13.8. The lowest BCUT2D eigenvalue weighted by atomic mass is 9.83. The number of para-hydroxylation sites is 1. The van der Waals surface area contributed by atoms with Crippen LogP contribution in [0.5, 0.6) is 0 Å². The molecule has 35 heavy (non-hydrogen) atoms. The molecule has 0 unspecified atom stereocenters. The number of amides is 2. The number of hydrogen-bond donors (Lipinski definition) is 0. The number of rotatable bonds is 4. The second-order valence-corrected chi connectivity index (χ2v) is 8.85. The van der Waals surface area contributed by atoms with Gasteiger partial charge in [0.1, 0.15) is 6.04 Å². The third kappa shape index (κ3) is 3.03. The first-order valence-electron chi connectivity index (χ1n) is 11.2. The Morgan fingerprint density at radius 2 is 1.57 bits per heavy atom. The van der Waals surface area contributed by atoms with Crippen molar-refractivity contribution in [3.63, 3.8) is 0 Å². The van der Waals surface area contributed by atoms with Crippen LogP contribution in [0.4, 0.5) is 11.4 Å². The Bertz CT molecular complexity index is 1430. The molecule has 172 valence electrons. The molecule has 0 spiro atoms. The van der Waals surface area contributed by atoms with Gasteiger partial charge >= 0.3 is 0 Å². The number of ketones is 1. The van der Waals surface area contributed by atoms with E-state index in [2.05, 4.69) is 0 Å². The molecule has 3 heterocycles. The Morgan fingerprint density at radius 1 is 0.857 bits per heavy atom. The van der Waals surface area contributed by atoms with Gasteiger partial charge < -0.3 is 4.90 Å². The van der Waals surface area contributed by atoms with E-state index in [9.17, 15) is 24.5 Å². The van der Waals surface area contributed by atoms with Gasteiger partial charge in [0, 0.05) is 23.9 Å². The highest BCUT2D eigenvalue weighted by molar-refractivity contribution is 6.24. The number of nitro benzene ring substituents is 1. The average molecular weight is 465 g/mol. The van der Waals surface area contributed by atoms with Crippen LogP contribution in [-0.4, -0.2) is 33.5 Å². The maximum Gasteiger partial charge on any atom is 0.270 e. The summed E-state index contributed by atoms with van der Waals surface area (Å²) < 4.78 is 0. The lowest BCUT2D eigenvalue weighted by Gasteiger charge is -2.35. The molecule has 0 saturated carbocycles. The predicted octanol–water partition coefficient (Wildman–Crippen LogP) is 3.99. The van der Waals surface area contributed by atoms with E-state index in [-0.39, 0.29) is 17.2 Å². The topological polar surface area (TPSA) is 101 Å². The van der Waals surface area contributed by atoms with Crippen molar-refractivity contribution in [3.05, 3.63) is 112 Å². The summed E-state index contributed by atoms with van der Waals surface area (Å²) in [6.45, 7) is 0. The van der Waals surface area contributed by atoms with E-state index in [0.29, 0.717) is 5.69 Å². The standard InChI is InChI=1S/C27H19N3O5/c31-25(17-8-6-11-19(15-17)30(34)35)24-22-21(23-20-12-5-4-7-16(20)13-14-28(23)24)26(32)29(27(22)33)18-9-2-1-3-10-18/h1-15,21-24H/t21-,22+,23+,24-/m0/s1. The van der Waals surface area contributed by atoms with Crippen molar-refractivity contribution in [3.8, 4) is 0 Å². The monoisotopic (exact) mass is 465 g/mol. The molecule has 0 N–H and O–H groups in total. The van der Waals surface area contributed by atoms with Crippen LogP contribution in [0.15, 0.2) is 85.1 Å². The van der Waals surface area contributed by atoms with Crippen LogP contribution in [-0.2, 0) is 9.59 Å². The first kappa shape index (κ1) is 21.0.